The van der Waals surface area contributed by atoms with E-state index in [2.05, 4.69) is 0 Å². The second kappa shape index (κ2) is 5.50. The number of aliphatic carboxylic acids is 1. The zero-order chi connectivity index (χ0) is 13.3. The molecule has 0 saturated carbocycles. The number of piperidine rings is 2. The second-order valence-corrected chi connectivity index (χ2v) is 4.97. The van der Waals surface area contributed by atoms with E-state index in [-0.39, 0.29) is 6.54 Å². The normalized spacial score (nSPS) is 39.7. The Morgan fingerprint density at radius 1 is 1.00 bits per heavy atom. The third kappa shape index (κ3) is 2.50. The molecule has 7 nitrogen and oxygen atoms in total. The summed E-state index contributed by atoms with van der Waals surface area (Å²) in [6.07, 6.45) is -0.969. The van der Waals surface area contributed by atoms with E-state index in [0.717, 1.165) is 32.4 Å². The first-order valence-corrected chi connectivity index (χ1v) is 6.31. The number of carbonyl (C=O) groups is 1. The average Bonchev–Trinajstić information content (AvgIpc) is 2.36. The smallest absolute Gasteiger partial charge is 0.325 e. The molecule has 4 unspecified atom stereocenters. The minimum atomic E-state index is -1.48. The molecule has 2 aliphatic heterocycles. The van der Waals surface area contributed by atoms with E-state index < -0.39 is 30.3 Å². The standard InChI is InChI=1S/C11H20N2O5/c14-7-6-13(12-4-2-1-3-5-12)8(11(17)18)10(16)9(7)15/h7-10,14-16H,1-6H2,(H,17,18). The maximum Gasteiger partial charge on any atom is 0.325 e. The van der Waals surface area contributed by atoms with Crippen LogP contribution in [0.3, 0.4) is 0 Å². The monoisotopic (exact) mass is 260 g/mol. The number of hydrazine groups is 1. The fourth-order valence-electron chi connectivity index (χ4n) is 2.70. The summed E-state index contributed by atoms with van der Waals surface area (Å²) in [5.74, 6) is -1.18. The predicted octanol–water partition coefficient (Wildman–Crippen LogP) is -1.76. The molecule has 18 heavy (non-hydrogen) atoms. The van der Waals surface area contributed by atoms with Gasteiger partial charge in [-0.1, -0.05) is 6.42 Å². The molecule has 0 amide bonds. The topological polar surface area (TPSA) is 104 Å². The fourth-order valence-corrected chi connectivity index (χ4v) is 2.70. The van der Waals surface area contributed by atoms with Crippen LogP contribution in [-0.4, -0.2) is 80.4 Å². The van der Waals surface area contributed by atoms with Crippen LogP contribution in [-0.2, 0) is 4.79 Å². The molecule has 0 bridgehead atoms. The van der Waals surface area contributed by atoms with E-state index in [4.69, 9.17) is 0 Å². The maximum atomic E-state index is 11.2. The summed E-state index contributed by atoms with van der Waals surface area (Å²) in [7, 11) is 0. The van der Waals surface area contributed by atoms with Gasteiger partial charge in [0.15, 0.2) is 6.04 Å². The summed E-state index contributed by atoms with van der Waals surface area (Å²) >= 11 is 0. The van der Waals surface area contributed by atoms with Crippen molar-refractivity contribution in [2.45, 2.75) is 43.6 Å². The number of aliphatic hydroxyl groups excluding tert-OH is 3. The van der Waals surface area contributed by atoms with Crippen molar-refractivity contribution in [1.29, 1.82) is 0 Å². The van der Waals surface area contributed by atoms with Crippen LogP contribution >= 0.6 is 0 Å². The van der Waals surface area contributed by atoms with Crippen molar-refractivity contribution in [1.82, 2.24) is 10.0 Å². The summed E-state index contributed by atoms with van der Waals surface area (Å²) in [5, 5.41) is 41.6. The van der Waals surface area contributed by atoms with Gasteiger partial charge >= 0.3 is 5.97 Å². The van der Waals surface area contributed by atoms with Gasteiger partial charge < -0.3 is 20.4 Å². The SMILES string of the molecule is O=C(O)C1C(O)C(O)C(O)CN1N1CCCCC1. The van der Waals surface area contributed by atoms with Crippen molar-refractivity contribution in [2.75, 3.05) is 19.6 Å². The molecule has 0 aromatic carbocycles. The lowest BCUT2D eigenvalue weighted by Gasteiger charge is -2.47. The molecule has 2 rings (SSSR count). The van der Waals surface area contributed by atoms with Crippen molar-refractivity contribution >= 4 is 5.97 Å². The highest BCUT2D eigenvalue weighted by atomic mass is 16.4. The minimum Gasteiger partial charge on any atom is -0.480 e. The van der Waals surface area contributed by atoms with E-state index in [0.29, 0.717) is 0 Å². The van der Waals surface area contributed by atoms with E-state index in [1.807, 2.05) is 5.01 Å². The Morgan fingerprint density at radius 3 is 2.17 bits per heavy atom. The molecular weight excluding hydrogens is 240 g/mol. The molecule has 0 aromatic heterocycles. The predicted molar refractivity (Wildman–Crippen MR) is 61.6 cm³/mol. The first-order valence-electron chi connectivity index (χ1n) is 6.31. The van der Waals surface area contributed by atoms with Gasteiger partial charge in [0.1, 0.15) is 12.2 Å². The molecule has 2 heterocycles. The zero-order valence-electron chi connectivity index (χ0n) is 10.1. The van der Waals surface area contributed by atoms with Gasteiger partial charge in [0.25, 0.3) is 0 Å². The average molecular weight is 260 g/mol. The molecule has 2 saturated heterocycles. The van der Waals surface area contributed by atoms with Crippen molar-refractivity contribution in [3.05, 3.63) is 0 Å². The van der Waals surface area contributed by atoms with Crippen LogP contribution in [0.15, 0.2) is 0 Å². The van der Waals surface area contributed by atoms with Gasteiger partial charge in [-0.2, -0.15) is 0 Å². The number of carboxylic acid groups (broad SMARTS) is 1. The minimum absolute atomic E-state index is 0.0369. The molecule has 0 radical (unpaired) electrons. The highest BCUT2D eigenvalue weighted by Crippen LogP contribution is 2.23. The first-order chi connectivity index (χ1) is 8.52. The second-order valence-electron chi connectivity index (χ2n) is 4.97. The van der Waals surface area contributed by atoms with Crippen LogP contribution < -0.4 is 0 Å². The molecule has 0 spiro atoms. The van der Waals surface area contributed by atoms with E-state index in [1.54, 1.807) is 0 Å². The highest BCUT2D eigenvalue weighted by molar-refractivity contribution is 5.74. The largest absolute Gasteiger partial charge is 0.480 e. The number of rotatable bonds is 2. The molecule has 2 fully saturated rings. The Balaban J connectivity index is 2.16. The Kier molecular flexibility index (Phi) is 4.18. The Labute approximate surface area is 105 Å². The van der Waals surface area contributed by atoms with Crippen LogP contribution in [0.2, 0.25) is 0 Å². The van der Waals surface area contributed by atoms with Gasteiger partial charge in [-0.15, -0.1) is 0 Å². The molecular formula is C11H20N2O5. The van der Waals surface area contributed by atoms with Gasteiger partial charge in [-0.25, -0.2) is 10.0 Å². The zero-order valence-corrected chi connectivity index (χ0v) is 10.1. The number of carboxylic acids is 1. The third-order valence-corrected chi connectivity index (χ3v) is 3.71. The van der Waals surface area contributed by atoms with Gasteiger partial charge in [-0.3, -0.25) is 4.79 Å². The highest BCUT2D eigenvalue weighted by Gasteiger charge is 2.47. The van der Waals surface area contributed by atoms with Gasteiger partial charge in [0.05, 0.1) is 6.10 Å². The van der Waals surface area contributed by atoms with Crippen LogP contribution in [0.4, 0.5) is 0 Å². The molecule has 7 heteroatoms. The number of hydrogen-bond acceptors (Lipinski definition) is 6. The Morgan fingerprint density at radius 2 is 1.61 bits per heavy atom. The van der Waals surface area contributed by atoms with E-state index in [1.165, 1.54) is 5.01 Å². The van der Waals surface area contributed by atoms with Crippen molar-refractivity contribution in [3.8, 4) is 0 Å². The molecule has 0 aliphatic carbocycles. The maximum absolute atomic E-state index is 11.2. The third-order valence-electron chi connectivity index (χ3n) is 3.71. The molecule has 4 atom stereocenters. The lowest BCUT2D eigenvalue weighted by Crippen LogP contribution is -2.68. The lowest BCUT2D eigenvalue weighted by molar-refractivity contribution is -0.209. The van der Waals surface area contributed by atoms with Crippen molar-refractivity contribution < 1.29 is 25.2 Å². The van der Waals surface area contributed by atoms with Crippen LogP contribution in [0.1, 0.15) is 19.3 Å². The van der Waals surface area contributed by atoms with Crippen LogP contribution in [0, 0.1) is 0 Å². The van der Waals surface area contributed by atoms with E-state index in [9.17, 15) is 25.2 Å². The molecule has 4 N–H and O–H groups in total. The summed E-state index contributed by atoms with van der Waals surface area (Å²) in [4.78, 5) is 11.2. The number of nitrogens with zero attached hydrogens (tertiary/aromatic N) is 2. The first kappa shape index (κ1) is 13.7. The van der Waals surface area contributed by atoms with Gasteiger partial charge in [-0.05, 0) is 12.8 Å². The summed E-state index contributed by atoms with van der Waals surface area (Å²) < 4.78 is 0. The van der Waals surface area contributed by atoms with Crippen LogP contribution in [0.25, 0.3) is 0 Å². The Hall–Kier alpha value is -0.730. The van der Waals surface area contributed by atoms with Crippen molar-refractivity contribution in [3.63, 3.8) is 0 Å². The van der Waals surface area contributed by atoms with Gasteiger partial charge in [0, 0.05) is 19.6 Å². The van der Waals surface area contributed by atoms with Crippen molar-refractivity contribution in [2.24, 2.45) is 0 Å². The van der Waals surface area contributed by atoms with Gasteiger partial charge in [0.2, 0.25) is 0 Å². The number of aliphatic hydroxyl groups is 3. The fraction of sp³-hybridized carbons (Fsp3) is 0.909. The number of hydrogen-bond donors (Lipinski definition) is 4. The van der Waals surface area contributed by atoms with E-state index >= 15 is 0 Å². The van der Waals surface area contributed by atoms with Crippen LogP contribution in [0.5, 0.6) is 0 Å². The summed E-state index contributed by atoms with van der Waals surface area (Å²) in [5.41, 5.74) is 0. The number of β-amino-alcohol motifs (C(OH)–C–C–N with tert-alkyl or cyclic N) is 1. The summed E-state index contributed by atoms with van der Waals surface area (Å²) in [6.45, 7) is 1.48. The molecule has 0 aromatic rings. The quantitative estimate of drug-likeness (QED) is 0.466. The molecule has 104 valence electrons. The summed E-state index contributed by atoms with van der Waals surface area (Å²) in [6, 6.07) is -1.19. The molecule has 2 aliphatic rings. The Bertz CT molecular complexity index is 308. The lowest BCUT2D eigenvalue weighted by atomic mass is 9.95.